The van der Waals surface area contributed by atoms with E-state index in [1.807, 2.05) is 31.2 Å². The fraction of sp³-hybridized carbons (Fsp3) is 0.412. The van der Waals surface area contributed by atoms with Crippen molar-refractivity contribution in [1.82, 2.24) is 9.97 Å². The summed E-state index contributed by atoms with van der Waals surface area (Å²) < 4.78 is 5.54. The molecule has 1 saturated heterocycles. The lowest BCUT2D eigenvalue weighted by Gasteiger charge is -2.24. The van der Waals surface area contributed by atoms with Crippen LogP contribution in [-0.2, 0) is 0 Å². The topological polar surface area (TPSA) is 58.5 Å². The van der Waals surface area contributed by atoms with Crippen molar-refractivity contribution in [2.75, 3.05) is 24.7 Å². The molecule has 5 nitrogen and oxygen atoms in total. The van der Waals surface area contributed by atoms with Gasteiger partial charge in [0.2, 0.25) is 0 Å². The molecule has 0 saturated carbocycles. The van der Waals surface area contributed by atoms with Gasteiger partial charge in [0.25, 0.3) is 0 Å². The lowest BCUT2D eigenvalue weighted by atomic mass is 10.1. The fourth-order valence-electron chi connectivity index (χ4n) is 2.87. The van der Waals surface area contributed by atoms with E-state index in [0.717, 1.165) is 42.2 Å². The van der Waals surface area contributed by atoms with Gasteiger partial charge in [-0.05, 0) is 31.9 Å². The summed E-state index contributed by atoms with van der Waals surface area (Å²) in [5.41, 5.74) is 1.81. The van der Waals surface area contributed by atoms with E-state index >= 15 is 0 Å². The molecule has 1 fully saturated rings. The maximum Gasteiger partial charge on any atom is 0.148 e. The van der Waals surface area contributed by atoms with E-state index in [2.05, 4.69) is 9.88 Å². The molecular formula is C17H21N3O2. The van der Waals surface area contributed by atoms with Crippen LogP contribution in [0.4, 0.5) is 5.82 Å². The number of aliphatic hydroxyl groups excluding tert-OH is 1. The van der Waals surface area contributed by atoms with Crippen molar-refractivity contribution < 1.29 is 9.84 Å². The molecule has 1 aliphatic heterocycles. The highest BCUT2D eigenvalue weighted by Crippen LogP contribution is 2.27. The summed E-state index contributed by atoms with van der Waals surface area (Å²) in [4.78, 5) is 11.2. The lowest BCUT2D eigenvalue weighted by Crippen LogP contribution is -2.32. The van der Waals surface area contributed by atoms with Crippen LogP contribution in [0.25, 0.3) is 11.3 Å². The number of hydrogen-bond acceptors (Lipinski definition) is 5. The molecule has 0 bridgehead atoms. The van der Waals surface area contributed by atoms with Crippen LogP contribution in [0, 0.1) is 0 Å². The summed E-state index contributed by atoms with van der Waals surface area (Å²) >= 11 is 0. The number of benzene rings is 1. The largest absolute Gasteiger partial charge is 0.494 e. The SMILES string of the molecule is CCOc1cccc(-c2cncc(N3CCCC3CO)n2)c1. The molecule has 1 atom stereocenters. The summed E-state index contributed by atoms with van der Waals surface area (Å²) in [6.07, 6.45) is 5.61. The molecule has 1 aromatic heterocycles. The van der Waals surface area contributed by atoms with Gasteiger partial charge < -0.3 is 14.7 Å². The van der Waals surface area contributed by atoms with Crippen molar-refractivity contribution in [2.45, 2.75) is 25.8 Å². The molecule has 0 aliphatic carbocycles. The van der Waals surface area contributed by atoms with Gasteiger partial charge in [-0.3, -0.25) is 4.98 Å². The highest BCUT2D eigenvalue weighted by Gasteiger charge is 2.25. The molecular weight excluding hydrogens is 278 g/mol. The Morgan fingerprint density at radius 2 is 2.27 bits per heavy atom. The zero-order chi connectivity index (χ0) is 15.4. The van der Waals surface area contributed by atoms with Gasteiger partial charge in [0.05, 0.1) is 37.3 Å². The van der Waals surface area contributed by atoms with Crippen LogP contribution in [0.3, 0.4) is 0 Å². The van der Waals surface area contributed by atoms with Gasteiger partial charge in [0.1, 0.15) is 11.6 Å². The van der Waals surface area contributed by atoms with Crippen LogP contribution >= 0.6 is 0 Å². The zero-order valence-corrected chi connectivity index (χ0v) is 12.8. The van der Waals surface area contributed by atoms with Crippen molar-refractivity contribution in [3.8, 4) is 17.0 Å². The number of ether oxygens (including phenoxy) is 1. The molecule has 1 aromatic carbocycles. The minimum absolute atomic E-state index is 0.152. The maximum absolute atomic E-state index is 9.47. The number of hydrogen-bond donors (Lipinski definition) is 1. The smallest absolute Gasteiger partial charge is 0.148 e. The van der Waals surface area contributed by atoms with E-state index in [-0.39, 0.29) is 12.6 Å². The molecule has 22 heavy (non-hydrogen) atoms. The van der Waals surface area contributed by atoms with E-state index < -0.39 is 0 Å². The Balaban J connectivity index is 1.89. The van der Waals surface area contributed by atoms with E-state index in [0.29, 0.717) is 6.61 Å². The molecule has 2 aromatic rings. The molecule has 1 N–H and O–H groups in total. The summed E-state index contributed by atoms with van der Waals surface area (Å²) in [6, 6.07) is 8.03. The molecule has 2 heterocycles. The molecule has 0 radical (unpaired) electrons. The van der Waals surface area contributed by atoms with Crippen molar-refractivity contribution in [2.24, 2.45) is 0 Å². The summed E-state index contributed by atoms with van der Waals surface area (Å²) in [5, 5.41) is 9.47. The minimum Gasteiger partial charge on any atom is -0.494 e. The maximum atomic E-state index is 9.47. The van der Waals surface area contributed by atoms with Gasteiger partial charge in [-0.15, -0.1) is 0 Å². The van der Waals surface area contributed by atoms with Gasteiger partial charge in [0.15, 0.2) is 0 Å². The second-order valence-corrected chi connectivity index (χ2v) is 5.40. The Kier molecular flexibility index (Phi) is 4.53. The van der Waals surface area contributed by atoms with Crippen LogP contribution in [0.15, 0.2) is 36.7 Å². The Morgan fingerprint density at radius 1 is 1.36 bits per heavy atom. The van der Waals surface area contributed by atoms with Crippen molar-refractivity contribution >= 4 is 5.82 Å². The first kappa shape index (κ1) is 14.8. The Hall–Kier alpha value is -2.14. The average Bonchev–Trinajstić information content (AvgIpc) is 3.04. The van der Waals surface area contributed by atoms with Gasteiger partial charge in [-0.2, -0.15) is 0 Å². The summed E-state index contributed by atoms with van der Waals surface area (Å²) in [6.45, 7) is 3.69. The first-order chi connectivity index (χ1) is 10.8. The first-order valence-electron chi connectivity index (χ1n) is 7.74. The normalized spacial score (nSPS) is 17.7. The number of aromatic nitrogens is 2. The van der Waals surface area contributed by atoms with Gasteiger partial charge in [-0.25, -0.2) is 4.98 Å². The third-order valence-electron chi connectivity index (χ3n) is 3.94. The number of aliphatic hydroxyl groups is 1. The van der Waals surface area contributed by atoms with E-state index in [1.54, 1.807) is 12.4 Å². The van der Waals surface area contributed by atoms with Crippen LogP contribution in [0.1, 0.15) is 19.8 Å². The highest BCUT2D eigenvalue weighted by atomic mass is 16.5. The standard InChI is InChI=1S/C17H21N3O2/c1-2-22-15-7-3-5-13(9-15)16-10-18-11-17(19-16)20-8-4-6-14(20)12-21/h3,5,7,9-11,14,21H,2,4,6,8,12H2,1H3. The number of nitrogens with zero attached hydrogens (tertiary/aromatic N) is 3. The van der Waals surface area contributed by atoms with Gasteiger partial charge in [-0.1, -0.05) is 12.1 Å². The molecule has 3 rings (SSSR count). The molecule has 1 aliphatic rings. The monoisotopic (exact) mass is 299 g/mol. The molecule has 0 amide bonds. The average molecular weight is 299 g/mol. The molecule has 5 heteroatoms. The first-order valence-corrected chi connectivity index (χ1v) is 7.74. The minimum atomic E-state index is 0.152. The van der Waals surface area contributed by atoms with E-state index in [1.165, 1.54) is 0 Å². The molecule has 1 unspecified atom stereocenters. The van der Waals surface area contributed by atoms with Crippen LogP contribution in [0.2, 0.25) is 0 Å². The second-order valence-electron chi connectivity index (χ2n) is 5.40. The van der Waals surface area contributed by atoms with Crippen LogP contribution in [-0.4, -0.2) is 40.9 Å². The van der Waals surface area contributed by atoms with Gasteiger partial charge >= 0.3 is 0 Å². The summed E-state index contributed by atoms with van der Waals surface area (Å²) in [5.74, 6) is 1.66. The van der Waals surface area contributed by atoms with Gasteiger partial charge in [0, 0.05) is 12.1 Å². The quantitative estimate of drug-likeness (QED) is 0.919. The Morgan fingerprint density at radius 3 is 3.09 bits per heavy atom. The van der Waals surface area contributed by atoms with Crippen LogP contribution < -0.4 is 9.64 Å². The molecule has 0 spiro atoms. The Bertz CT molecular complexity index is 633. The van der Waals surface area contributed by atoms with Crippen molar-refractivity contribution in [3.05, 3.63) is 36.7 Å². The summed E-state index contributed by atoms with van der Waals surface area (Å²) in [7, 11) is 0. The third-order valence-corrected chi connectivity index (χ3v) is 3.94. The third kappa shape index (κ3) is 3.04. The van der Waals surface area contributed by atoms with Crippen molar-refractivity contribution in [1.29, 1.82) is 0 Å². The predicted octanol–water partition coefficient (Wildman–Crippen LogP) is 2.50. The number of rotatable bonds is 5. The lowest BCUT2D eigenvalue weighted by molar-refractivity contribution is 0.266. The van der Waals surface area contributed by atoms with E-state index in [4.69, 9.17) is 9.72 Å². The van der Waals surface area contributed by atoms with E-state index in [9.17, 15) is 5.11 Å². The Labute approximate surface area is 130 Å². The molecule has 116 valence electrons. The predicted molar refractivity (Wildman–Crippen MR) is 86.1 cm³/mol. The van der Waals surface area contributed by atoms with Crippen molar-refractivity contribution in [3.63, 3.8) is 0 Å². The zero-order valence-electron chi connectivity index (χ0n) is 12.8. The van der Waals surface area contributed by atoms with Crippen LogP contribution in [0.5, 0.6) is 5.75 Å². The highest BCUT2D eigenvalue weighted by molar-refractivity contribution is 5.62. The number of anilines is 1. The second kappa shape index (κ2) is 6.75. The fourth-order valence-corrected chi connectivity index (χ4v) is 2.87.